The molecule has 0 unspecified atom stereocenters. The van der Waals surface area contributed by atoms with Crippen molar-refractivity contribution in [1.82, 2.24) is 9.62 Å². The van der Waals surface area contributed by atoms with E-state index in [1.807, 2.05) is 4.90 Å². The molecule has 1 fully saturated rings. The summed E-state index contributed by atoms with van der Waals surface area (Å²) in [5.74, 6) is -0.0248. The average molecular weight is 412 g/mol. The standard InChI is InChI=1S/C21H20N2O5S/c24-20-9-6-16-13-18(7-8-19(16)28-20)29(26,27)22-14-15-4-3-5-17(12-15)21(25)23-10-1-2-11-23/h3-9,12-13,22H,1-2,10-11,14H2. The Bertz CT molecular complexity index is 1230. The van der Waals surface area contributed by atoms with Gasteiger partial charge in [0.25, 0.3) is 5.91 Å². The Morgan fingerprint density at radius 3 is 2.62 bits per heavy atom. The van der Waals surface area contributed by atoms with Crippen LogP contribution in [-0.2, 0) is 16.6 Å². The van der Waals surface area contributed by atoms with Crippen molar-refractivity contribution in [3.05, 3.63) is 76.1 Å². The first-order chi connectivity index (χ1) is 13.9. The molecule has 0 spiro atoms. The van der Waals surface area contributed by atoms with Crippen LogP contribution < -0.4 is 10.3 Å². The molecule has 3 aromatic rings. The van der Waals surface area contributed by atoms with E-state index >= 15 is 0 Å². The van der Waals surface area contributed by atoms with Gasteiger partial charge in [0, 0.05) is 36.7 Å². The van der Waals surface area contributed by atoms with E-state index in [-0.39, 0.29) is 17.3 Å². The Labute approximate surface area is 168 Å². The number of sulfonamides is 1. The van der Waals surface area contributed by atoms with Crippen molar-refractivity contribution in [2.75, 3.05) is 13.1 Å². The van der Waals surface area contributed by atoms with Gasteiger partial charge in [0.1, 0.15) is 5.58 Å². The summed E-state index contributed by atoms with van der Waals surface area (Å²) in [5, 5.41) is 0.519. The van der Waals surface area contributed by atoms with Crippen LogP contribution in [0.1, 0.15) is 28.8 Å². The van der Waals surface area contributed by atoms with Gasteiger partial charge in [0.05, 0.1) is 4.90 Å². The number of nitrogens with zero attached hydrogens (tertiary/aromatic N) is 1. The minimum absolute atomic E-state index is 0.0248. The lowest BCUT2D eigenvalue weighted by Gasteiger charge is -2.15. The molecule has 1 amide bonds. The van der Waals surface area contributed by atoms with Crippen LogP contribution in [0.25, 0.3) is 11.0 Å². The number of rotatable bonds is 5. The summed E-state index contributed by atoms with van der Waals surface area (Å²) < 4.78 is 32.9. The van der Waals surface area contributed by atoms with Crippen LogP contribution in [0, 0.1) is 0 Å². The summed E-state index contributed by atoms with van der Waals surface area (Å²) in [6.07, 6.45) is 2.03. The van der Waals surface area contributed by atoms with Crippen molar-refractivity contribution >= 4 is 26.9 Å². The SMILES string of the molecule is O=C(c1cccc(CNS(=O)(=O)c2ccc3oc(=O)ccc3c2)c1)N1CCCC1. The fraction of sp³-hybridized carbons (Fsp3) is 0.238. The molecule has 4 rings (SSSR count). The van der Waals surface area contributed by atoms with Crippen LogP contribution in [-0.4, -0.2) is 32.3 Å². The highest BCUT2D eigenvalue weighted by Gasteiger charge is 2.20. The predicted molar refractivity (Wildman–Crippen MR) is 108 cm³/mol. The third kappa shape index (κ3) is 4.23. The minimum atomic E-state index is -3.77. The lowest BCUT2D eigenvalue weighted by molar-refractivity contribution is 0.0792. The fourth-order valence-electron chi connectivity index (χ4n) is 3.40. The molecule has 1 saturated heterocycles. The molecule has 2 aromatic carbocycles. The average Bonchev–Trinajstić information content (AvgIpc) is 3.26. The van der Waals surface area contributed by atoms with E-state index in [1.54, 1.807) is 24.3 Å². The lowest BCUT2D eigenvalue weighted by atomic mass is 10.1. The number of hydrogen-bond acceptors (Lipinski definition) is 5. The highest BCUT2D eigenvalue weighted by atomic mass is 32.2. The van der Waals surface area contributed by atoms with E-state index in [0.717, 1.165) is 25.9 Å². The van der Waals surface area contributed by atoms with Crippen LogP contribution in [0.15, 0.2) is 68.7 Å². The highest BCUT2D eigenvalue weighted by molar-refractivity contribution is 7.89. The van der Waals surface area contributed by atoms with Crippen LogP contribution in [0.3, 0.4) is 0 Å². The molecule has 7 nitrogen and oxygen atoms in total. The van der Waals surface area contributed by atoms with E-state index < -0.39 is 15.6 Å². The van der Waals surface area contributed by atoms with Gasteiger partial charge in [0.2, 0.25) is 10.0 Å². The summed E-state index contributed by atoms with van der Waals surface area (Å²) >= 11 is 0. The molecular weight excluding hydrogens is 392 g/mol. The van der Waals surface area contributed by atoms with E-state index in [2.05, 4.69) is 4.72 Å². The van der Waals surface area contributed by atoms with Crippen LogP contribution >= 0.6 is 0 Å². The molecule has 1 aromatic heterocycles. The van der Waals surface area contributed by atoms with Crippen molar-refractivity contribution in [3.8, 4) is 0 Å². The first kappa shape index (κ1) is 19.4. The minimum Gasteiger partial charge on any atom is -0.423 e. The van der Waals surface area contributed by atoms with Crippen molar-refractivity contribution in [1.29, 1.82) is 0 Å². The third-order valence-electron chi connectivity index (χ3n) is 4.93. The van der Waals surface area contributed by atoms with Crippen LogP contribution in [0.4, 0.5) is 0 Å². The second-order valence-corrected chi connectivity index (χ2v) is 8.75. The number of nitrogens with one attached hydrogen (secondary N) is 1. The fourth-order valence-corrected chi connectivity index (χ4v) is 4.45. The molecule has 1 N–H and O–H groups in total. The summed E-state index contributed by atoms with van der Waals surface area (Å²) in [4.78, 5) is 25.7. The smallest absolute Gasteiger partial charge is 0.336 e. The van der Waals surface area contributed by atoms with Gasteiger partial charge in [-0.05, 0) is 54.8 Å². The normalized spacial score (nSPS) is 14.4. The van der Waals surface area contributed by atoms with Gasteiger partial charge in [-0.25, -0.2) is 17.9 Å². The molecule has 2 heterocycles. The van der Waals surface area contributed by atoms with Gasteiger partial charge < -0.3 is 9.32 Å². The zero-order valence-electron chi connectivity index (χ0n) is 15.6. The Hall–Kier alpha value is -2.97. The molecule has 0 atom stereocenters. The van der Waals surface area contributed by atoms with E-state index in [4.69, 9.17) is 4.42 Å². The number of amides is 1. The molecule has 1 aliphatic heterocycles. The monoisotopic (exact) mass is 412 g/mol. The van der Waals surface area contributed by atoms with Gasteiger partial charge in [-0.1, -0.05) is 12.1 Å². The van der Waals surface area contributed by atoms with Gasteiger partial charge in [-0.3, -0.25) is 4.79 Å². The molecule has 0 bridgehead atoms. The number of carbonyl (C=O) groups excluding carboxylic acids is 1. The molecule has 150 valence electrons. The van der Waals surface area contributed by atoms with Crippen molar-refractivity contribution in [3.63, 3.8) is 0 Å². The third-order valence-corrected chi connectivity index (χ3v) is 6.33. The lowest BCUT2D eigenvalue weighted by Crippen LogP contribution is -2.28. The van der Waals surface area contributed by atoms with Crippen molar-refractivity contribution in [2.45, 2.75) is 24.3 Å². The summed E-state index contributed by atoms with van der Waals surface area (Å²) in [6.45, 7) is 1.58. The largest absolute Gasteiger partial charge is 0.423 e. The molecule has 0 aliphatic carbocycles. The maximum absolute atomic E-state index is 12.7. The van der Waals surface area contributed by atoms with Gasteiger partial charge in [-0.2, -0.15) is 0 Å². The van der Waals surface area contributed by atoms with Crippen molar-refractivity contribution < 1.29 is 17.6 Å². The molecule has 1 aliphatic rings. The Morgan fingerprint density at radius 2 is 1.83 bits per heavy atom. The van der Waals surface area contributed by atoms with Crippen molar-refractivity contribution in [2.24, 2.45) is 0 Å². The molecular formula is C21H20N2O5S. The zero-order chi connectivity index (χ0) is 20.4. The van der Waals surface area contributed by atoms with Crippen LogP contribution in [0.2, 0.25) is 0 Å². The summed E-state index contributed by atoms with van der Waals surface area (Å²) in [6, 6.07) is 14.1. The number of hydrogen-bond donors (Lipinski definition) is 1. The second kappa shape index (κ2) is 7.81. The summed E-state index contributed by atoms with van der Waals surface area (Å²) in [7, 11) is -3.77. The van der Waals surface area contributed by atoms with Gasteiger partial charge in [0.15, 0.2) is 0 Å². The summed E-state index contributed by atoms with van der Waals surface area (Å²) in [5.41, 5.74) is 1.09. The second-order valence-electron chi connectivity index (χ2n) is 6.98. The molecule has 0 saturated carbocycles. The maximum Gasteiger partial charge on any atom is 0.336 e. The van der Waals surface area contributed by atoms with Gasteiger partial charge in [-0.15, -0.1) is 0 Å². The maximum atomic E-state index is 12.7. The molecule has 0 radical (unpaired) electrons. The van der Waals surface area contributed by atoms with E-state index in [1.165, 1.54) is 30.3 Å². The number of carbonyl (C=O) groups is 1. The van der Waals surface area contributed by atoms with Gasteiger partial charge >= 0.3 is 5.63 Å². The highest BCUT2D eigenvalue weighted by Crippen LogP contribution is 2.19. The Kier molecular flexibility index (Phi) is 5.21. The van der Waals surface area contributed by atoms with E-state index in [9.17, 15) is 18.0 Å². The topological polar surface area (TPSA) is 96.7 Å². The number of benzene rings is 2. The van der Waals surface area contributed by atoms with E-state index in [0.29, 0.717) is 22.1 Å². The molecule has 29 heavy (non-hydrogen) atoms. The quantitative estimate of drug-likeness (QED) is 0.650. The number of fused-ring (bicyclic) bond motifs is 1. The van der Waals surface area contributed by atoms with Crippen LogP contribution in [0.5, 0.6) is 0 Å². The predicted octanol–water partition coefficient (Wildman–Crippen LogP) is 2.51. The first-order valence-corrected chi connectivity index (χ1v) is 10.8. The first-order valence-electron chi connectivity index (χ1n) is 9.34. The Morgan fingerprint density at radius 1 is 1.03 bits per heavy atom. The Balaban J connectivity index is 1.50. The zero-order valence-corrected chi connectivity index (χ0v) is 16.4. The molecule has 8 heteroatoms. The number of likely N-dealkylation sites (tertiary alicyclic amines) is 1.